The minimum atomic E-state index is -0.475. The molecule has 0 aliphatic heterocycles. The highest BCUT2D eigenvalue weighted by Crippen LogP contribution is 2.32. The number of methoxy groups -OCH3 is 2. The summed E-state index contributed by atoms with van der Waals surface area (Å²) in [5.41, 5.74) is 1.37. The van der Waals surface area contributed by atoms with Gasteiger partial charge in [0.2, 0.25) is 5.91 Å². The van der Waals surface area contributed by atoms with Crippen LogP contribution in [0.1, 0.15) is 16.1 Å². The Morgan fingerprint density at radius 3 is 2.70 bits per heavy atom. The summed E-state index contributed by atoms with van der Waals surface area (Å²) >= 11 is 6.04. The summed E-state index contributed by atoms with van der Waals surface area (Å²) < 4.78 is 15.6. The summed E-state index contributed by atoms with van der Waals surface area (Å²) in [6.45, 7) is 0. The number of ether oxygens (including phenoxy) is 2. The van der Waals surface area contributed by atoms with E-state index in [4.69, 9.17) is 20.8 Å². The highest BCUT2D eigenvalue weighted by molar-refractivity contribution is 6.31. The molecule has 0 aliphatic carbocycles. The first-order valence-corrected chi connectivity index (χ1v) is 8.32. The SMILES string of the molecule is COC(=O)c1cccc(NC(=O)C=Cc2cc3cc(Cl)cc(OC)c3o2)c1. The predicted octanol–water partition coefficient (Wildman–Crippen LogP) is 4.53. The van der Waals surface area contributed by atoms with Crippen molar-refractivity contribution in [2.45, 2.75) is 0 Å². The molecular formula is C20H16ClNO5. The number of halogens is 1. The van der Waals surface area contributed by atoms with E-state index in [9.17, 15) is 9.59 Å². The van der Waals surface area contributed by atoms with Gasteiger partial charge in [0, 0.05) is 28.2 Å². The van der Waals surface area contributed by atoms with Crippen LogP contribution in [0.2, 0.25) is 5.02 Å². The van der Waals surface area contributed by atoms with Crippen LogP contribution in [0, 0.1) is 0 Å². The van der Waals surface area contributed by atoms with Gasteiger partial charge in [-0.1, -0.05) is 17.7 Å². The van der Waals surface area contributed by atoms with Crippen LogP contribution < -0.4 is 10.1 Å². The summed E-state index contributed by atoms with van der Waals surface area (Å²) in [7, 11) is 2.82. The lowest BCUT2D eigenvalue weighted by molar-refractivity contribution is -0.111. The number of amides is 1. The number of nitrogens with one attached hydrogen (secondary N) is 1. The topological polar surface area (TPSA) is 77.8 Å². The molecule has 0 aliphatic rings. The zero-order valence-electron chi connectivity index (χ0n) is 14.6. The maximum absolute atomic E-state index is 12.1. The van der Waals surface area contributed by atoms with Crippen LogP contribution in [0.15, 0.2) is 53.0 Å². The standard InChI is InChI=1S/C20H16ClNO5/c1-25-17-11-14(21)8-13-10-16(27-19(13)17)6-7-18(23)22-15-5-3-4-12(9-15)20(24)26-2/h3-11H,1-2H3,(H,22,23). The third kappa shape index (κ3) is 4.30. The summed E-state index contributed by atoms with van der Waals surface area (Å²) in [6, 6.07) is 11.6. The second kappa shape index (κ2) is 7.97. The first-order chi connectivity index (χ1) is 13.0. The molecule has 0 fully saturated rings. The fourth-order valence-corrected chi connectivity index (χ4v) is 2.74. The number of furan rings is 1. The van der Waals surface area contributed by atoms with Gasteiger partial charge in [0.05, 0.1) is 19.8 Å². The smallest absolute Gasteiger partial charge is 0.337 e. The molecule has 6 nitrogen and oxygen atoms in total. The summed E-state index contributed by atoms with van der Waals surface area (Å²) in [5.74, 6) is 0.143. The van der Waals surface area contributed by atoms with Crippen molar-refractivity contribution in [1.29, 1.82) is 0 Å². The van der Waals surface area contributed by atoms with Crippen molar-refractivity contribution < 1.29 is 23.5 Å². The fourth-order valence-electron chi connectivity index (χ4n) is 2.52. The Labute approximate surface area is 160 Å². The first kappa shape index (κ1) is 18.5. The average Bonchev–Trinajstić information content (AvgIpc) is 3.08. The van der Waals surface area contributed by atoms with Crippen LogP contribution in [0.3, 0.4) is 0 Å². The zero-order chi connectivity index (χ0) is 19.4. The lowest BCUT2D eigenvalue weighted by Crippen LogP contribution is -2.09. The fraction of sp³-hybridized carbons (Fsp3) is 0.100. The number of anilines is 1. The molecule has 7 heteroatoms. The molecule has 1 aromatic heterocycles. The molecule has 1 heterocycles. The lowest BCUT2D eigenvalue weighted by atomic mass is 10.2. The Bertz CT molecular complexity index is 1040. The highest BCUT2D eigenvalue weighted by atomic mass is 35.5. The maximum atomic E-state index is 12.1. The Morgan fingerprint density at radius 2 is 1.96 bits per heavy atom. The van der Waals surface area contributed by atoms with Crippen LogP contribution in [0.5, 0.6) is 5.75 Å². The maximum Gasteiger partial charge on any atom is 0.337 e. The second-order valence-corrected chi connectivity index (χ2v) is 6.01. The van der Waals surface area contributed by atoms with Crippen LogP contribution in [0.25, 0.3) is 17.0 Å². The van der Waals surface area contributed by atoms with E-state index in [-0.39, 0.29) is 5.91 Å². The van der Waals surface area contributed by atoms with Crippen LogP contribution in [0.4, 0.5) is 5.69 Å². The quantitative estimate of drug-likeness (QED) is 0.515. The van der Waals surface area contributed by atoms with Crippen LogP contribution in [-0.2, 0) is 9.53 Å². The molecule has 0 atom stereocenters. The number of carbonyl (C=O) groups excluding carboxylic acids is 2. The van der Waals surface area contributed by atoms with Crippen molar-refractivity contribution in [3.63, 3.8) is 0 Å². The molecule has 27 heavy (non-hydrogen) atoms. The van der Waals surface area contributed by atoms with Gasteiger partial charge in [0.25, 0.3) is 0 Å². The molecule has 0 bridgehead atoms. The van der Waals surface area contributed by atoms with E-state index in [1.165, 1.54) is 32.4 Å². The molecule has 3 aromatic rings. The van der Waals surface area contributed by atoms with E-state index in [1.54, 1.807) is 36.4 Å². The average molecular weight is 386 g/mol. The van der Waals surface area contributed by atoms with Crippen molar-refractivity contribution in [3.8, 4) is 5.75 Å². The Kier molecular flexibility index (Phi) is 5.47. The molecular weight excluding hydrogens is 370 g/mol. The number of hydrogen-bond acceptors (Lipinski definition) is 5. The van der Waals surface area contributed by atoms with E-state index < -0.39 is 5.97 Å². The van der Waals surface area contributed by atoms with Gasteiger partial charge in [0.15, 0.2) is 11.3 Å². The van der Waals surface area contributed by atoms with Crippen LogP contribution >= 0.6 is 11.6 Å². The number of hydrogen-bond donors (Lipinski definition) is 1. The third-order valence-electron chi connectivity index (χ3n) is 3.74. The van der Waals surface area contributed by atoms with E-state index in [0.717, 1.165) is 5.39 Å². The van der Waals surface area contributed by atoms with Crippen molar-refractivity contribution in [3.05, 3.63) is 64.9 Å². The van der Waals surface area contributed by atoms with E-state index in [2.05, 4.69) is 10.1 Å². The Hall–Kier alpha value is -3.25. The number of rotatable bonds is 5. The minimum Gasteiger partial charge on any atom is -0.493 e. The minimum absolute atomic E-state index is 0.348. The van der Waals surface area contributed by atoms with Gasteiger partial charge in [-0.2, -0.15) is 0 Å². The lowest BCUT2D eigenvalue weighted by Gasteiger charge is -2.04. The molecule has 0 radical (unpaired) electrons. The highest BCUT2D eigenvalue weighted by Gasteiger charge is 2.10. The van der Waals surface area contributed by atoms with E-state index >= 15 is 0 Å². The summed E-state index contributed by atoms with van der Waals surface area (Å²) in [4.78, 5) is 23.7. The molecule has 0 saturated carbocycles. The van der Waals surface area contributed by atoms with Gasteiger partial charge < -0.3 is 19.2 Å². The largest absolute Gasteiger partial charge is 0.493 e. The molecule has 2 aromatic carbocycles. The molecule has 1 amide bonds. The van der Waals surface area contributed by atoms with Gasteiger partial charge in [-0.25, -0.2) is 4.79 Å². The van der Waals surface area contributed by atoms with Gasteiger partial charge in [-0.3, -0.25) is 4.79 Å². The number of esters is 1. The molecule has 0 spiro atoms. The van der Waals surface area contributed by atoms with Gasteiger partial charge in [0.1, 0.15) is 5.76 Å². The van der Waals surface area contributed by atoms with E-state index in [1.807, 2.05) is 0 Å². The Balaban J connectivity index is 1.75. The van der Waals surface area contributed by atoms with Crippen LogP contribution in [-0.4, -0.2) is 26.1 Å². The monoisotopic (exact) mass is 385 g/mol. The summed E-state index contributed by atoms with van der Waals surface area (Å²) in [5, 5.41) is 3.97. The van der Waals surface area contributed by atoms with Gasteiger partial charge in [-0.15, -0.1) is 0 Å². The number of carbonyl (C=O) groups is 2. The van der Waals surface area contributed by atoms with Crippen molar-refractivity contribution in [2.24, 2.45) is 0 Å². The van der Waals surface area contributed by atoms with Crippen molar-refractivity contribution >= 4 is 46.2 Å². The normalized spacial score (nSPS) is 10.9. The third-order valence-corrected chi connectivity index (χ3v) is 3.95. The van der Waals surface area contributed by atoms with E-state index in [0.29, 0.717) is 33.4 Å². The number of benzene rings is 2. The molecule has 138 valence electrons. The predicted molar refractivity (Wildman–Crippen MR) is 103 cm³/mol. The molecule has 3 rings (SSSR count). The molecule has 0 saturated heterocycles. The molecule has 1 N–H and O–H groups in total. The first-order valence-electron chi connectivity index (χ1n) is 7.94. The Morgan fingerprint density at radius 1 is 1.15 bits per heavy atom. The van der Waals surface area contributed by atoms with Gasteiger partial charge >= 0.3 is 5.97 Å². The second-order valence-electron chi connectivity index (χ2n) is 5.57. The summed E-state index contributed by atoms with van der Waals surface area (Å²) in [6.07, 6.45) is 2.86. The van der Waals surface area contributed by atoms with Crippen molar-refractivity contribution in [1.82, 2.24) is 0 Å². The number of fused-ring (bicyclic) bond motifs is 1. The van der Waals surface area contributed by atoms with Crippen molar-refractivity contribution in [2.75, 3.05) is 19.5 Å². The van der Waals surface area contributed by atoms with Gasteiger partial charge in [-0.05, 0) is 36.4 Å². The molecule has 0 unspecified atom stereocenters. The zero-order valence-corrected chi connectivity index (χ0v) is 15.4.